The lowest BCUT2D eigenvalue weighted by molar-refractivity contribution is -0.134. The number of carbonyl (C=O) groups excluding carboxylic acids is 2. The summed E-state index contributed by atoms with van der Waals surface area (Å²) in [5.74, 6) is 0.219. The molecule has 6 nitrogen and oxygen atoms in total. The number of hydrogen-bond donors (Lipinski definition) is 1. The molecule has 1 atom stereocenters. The molecule has 170 valence electrons. The largest absolute Gasteiger partial charge is 0.351 e. The second-order valence-corrected chi connectivity index (χ2v) is 10.3. The number of rotatable bonds is 5. The molecule has 1 aromatic carbocycles. The minimum atomic E-state index is -1.02. The molecule has 0 saturated heterocycles. The summed E-state index contributed by atoms with van der Waals surface area (Å²) >= 11 is 6.21. The Hall–Kier alpha value is -2.34. The average Bonchev–Trinajstić information content (AvgIpc) is 3.57. The van der Waals surface area contributed by atoms with Gasteiger partial charge in [-0.05, 0) is 56.4 Å². The number of fused-ring (bicyclic) bond motifs is 1. The van der Waals surface area contributed by atoms with Crippen LogP contribution in [-0.2, 0) is 17.9 Å². The predicted molar refractivity (Wildman–Crippen MR) is 124 cm³/mol. The van der Waals surface area contributed by atoms with E-state index in [1.807, 2.05) is 37.3 Å². The maximum atomic E-state index is 13.7. The Labute approximate surface area is 194 Å². The van der Waals surface area contributed by atoms with Crippen LogP contribution in [0.25, 0.3) is 0 Å². The highest BCUT2D eigenvalue weighted by molar-refractivity contribution is 6.30. The summed E-state index contributed by atoms with van der Waals surface area (Å²) in [7, 11) is 0. The smallest absolute Gasteiger partial charge is 0.273 e. The monoisotopic (exact) mass is 454 g/mol. The van der Waals surface area contributed by atoms with Crippen molar-refractivity contribution in [2.45, 2.75) is 88.9 Å². The molecule has 1 N–H and O–H groups in total. The number of aromatic nitrogens is 2. The van der Waals surface area contributed by atoms with Crippen LogP contribution in [0, 0.1) is 0 Å². The van der Waals surface area contributed by atoms with E-state index in [1.54, 1.807) is 9.58 Å². The molecule has 2 aliphatic carbocycles. The Morgan fingerprint density at radius 2 is 1.91 bits per heavy atom. The van der Waals surface area contributed by atoms with Crippen LogP contribution in [0.4, 0.5) is 0 Å². The van der Waals surface area contributed by atoms with Crippen molar-refractivity contribution in [1.29, 1.82) is 0 Å². The molecule has 3 aliphatic rings. The topological polar surface area (TPSA) is 67.2 Å². The van der Waals surface area contributed by atoms with Crippen LogP contribution in [0.5, 0.6) is 0 Å². The summed E-state index contributed by atoms with van der Waals surface area (Å²) in [6.45, 7) is 2.57. The first-order valence-corrected chi connectivity index (χ1v) is 12.3. The summed E-state index contributed by atoms with van der Waals surface area (Å²) in [5, 5.41) is 8.64. The second-order valence-electron chi connectivity index (χ2n) is 9.84. The van der Waals surface area contributed by atoms with Crippen molar-refractivity contribution >= 4 is 23.4 Å². The van der Waals surface area contributed by atoms with Gasteiger partial charge in [-0.1, -0.05) is 49.4 Å². The van der Waals surface area contributed by atoms with Gasteiger partial charge in [0.15, 0.2) is 0 Å². The number of amides is 2. The molecule has 7 heteroatoms. The molecule has 32 heavy (non-hydrogen) atoms. The Balaban J connectivity index is 1.47. The van der Waals surface area contributed by atoms with Gasteiger partial charge in [-0.2, -0.15) is 5.10 Å². The fourth-order valence-electron chi connectivity index (χ4n) is 5.07. The number of carbonyl (C=O) groups is 2. The van der Waals surface area contributed by atoms with Crippen molar-refractivity contribution in [2.24, 2.45) is 0 Å². The molecule has 2 fully saturated rings. The van der Waals surface area contributed by atoms with Gasteiger partial charge in [-0.3, -0.25) is 14.3 Å². The number of halogens is 1. The zero-order chi connectivity index (χ0) is 22.3. The van der Waals surface area contributed by atoms with E-state index in [1.165, 1.54) is 12.8 Å². The molecule has 5 rings (SSSR count). The van der Waals surface area contributed by atoms with E-state index in [0.717, 1.165) is 49.8 Å². The van der Waals surface area contributed by atoms with E-state index >= 15 is 0 Å². The third-order valence-electron chi connectivity index (χ3n) is 7.22. The SMILES string of the molecule is C[C@]1(C(=O)NC2CCCCCC2)Cn2nc(C3CC3)cc2C(=O)N1Cc1cccc(Cl)c1. The molecular formula is C25H31ClN4O2. The first-order chi connectivity index (χ1) is 15.4. The van der Waals surface area contributed by atoms with E-state index in [4.69, 9.17) is 16.7 Å². The third kappa shape index (κ3) is 4.17. The fourth-order valence-corrected chi connectivity index (χ4v) is 5.28. The average molecular weight is 455 g/mol. The van der Waals surface area contributed by atoms with Crippen molar-refractivity contribution in [2.75, 3.05) is 0 Å². The van der Waals surface area contributed by atoms with Gasteiger partial charge in [0.2, 0.25) is 5.91 Å². The van der Waals surface area contributed by atoms with Gasteiger partial charge in [-0.15, -0.1) is 0 Å². The van der Waals surface area contributed by atoms with Crippen LogP contribution in [0.3, 0.4) is 0 Å². The Morgan fingerprint density at radius 3 is 2.59 bits per heavy atom. The van der Waals surface area contributed by atoms with Crippen LogP contribution >= 0.6 is 11.6 Å². The normalized spacial score (nSPS) is 24.2. The van der Waals surface area contributed by atoms with Gasteiger partial charge in [-0.25, -0.2) is 0 Å². The maximum absolute atomic E-state index is 13.7. The molecule has 2 heterocycles. The van der Waals surface area contributed by atoms with Crippen molar-refractivity contribution in [3.63, 3.8) is 0 Å². The van der Waals surface area contributed by atoms with E-state index in [2.05, 4.69) is 5.32 Å². The first-order valence-electron chi connectivity index (χ1n) is 11.9. The summed E-state index contributed by atoms with van der Waals surface area (Å²) in [6, 6.07) is 9.60. The van der Waals surface area contributed by atoms with Crippen molar-refractivity contribution in [3.8, 4) is 0 Å². The van der Waals surface area contributed by atoms with Gasteiger partial charge in [0.05, 0.1) is 12.2 Å². The fraction of sp³-hybridized carbons (Fsp3) is 0.560. The van der Waals surface area contributed by atoms with E-state index in [9.17, 15) is 9.59 Å². The minimum Gasteiger partial charge on any atom is -0.351 e. The number of nitrogens with zero attached hydrogens (tertiary/aromatic N) is 3. The first kappa shape index (κ1) is 21.5. The lowest BCUT2D eigenvalue weighted by atomic mass is 9.93. The van der Waals surface area contributed by atoms with Crippen LogP contribution in [0.2, 0.25) is 5.02 Å². The quantitative estimate of drug-likeness (QED) is 0.667. The van der Waals surface area contributed by atoms with Gasteiger partial charge < -0.3 is 10.2 Å². The van der Waals surface area contributed by atoms with E-state index < -0.39 is 5.54 Å². The van der Waals surface area contributed by atoms with Gasteiger partial charge in [0.1, 0.15) is 11.2 Å². The lowest BCUT2D eigenvalue weighted by Gasteiger charge is -2.44. The van der Waals surface area contributed by atoms with Crippen molar-refractivity contribution in [3.05, 3.63) is 52.3 Å². The Bertz CT molecular complexity index is 1020. The Kier molecular flexibility index (Phi) is 5.74. The molecule has 2 amide bonds. The van der Waals surface area contributed by atoms with E-state index in [-0.39, 0.29) is 17.9 Å². The van der Waals surface area contributed by atoms with Gasteiger partial charge in [0, 0.05) is 23.5 Å². The van der Waals surface area contributed by atoms with Gasteiger partial charge >= 0.3 is 0 Å². The van der Waals surface area contributed by atoms with Crippen molar-refractivity contribution in [1.82, 2.24) is 20.0 Å². The minimum absolute atomic E-state index is 0.0890. The summed E-state index contributed by atoms with van der Waals surface area (Å²) < 4.78 is 1.76. The lowest BCUT2D eigenvalue weighted by Crippen LogP contribution is -2.64. The molecule has 0 radical (unpaired) electrons. The third-order valence-corrected chi connectivity index (χ3v) is 7.46. The number of nitrogens with one attached hydrogen (secondary N) is 1. The molecule has 0 bridgehead atoms. The highest BCUT2D eigenvalue weighted by Crippen LogP contribution is 2.41. The van der Waals surface area contributed by atoms with E-state index in [0.29, 0.717) is 29.7 Å². The molecule has 1 aromatic heterocycles. The molecule has 2 saturated carbocycles. The maximum Gasteiger partial charge on any atom is 0.273 e. The molecule has 0 spiro atoms. The van der Waals surface area contributed by atoms with Crippen LogP contribution in [0.1, 0.15) is 86.0 Å². The molecule has 2 aromatic rings. The summed E-state index contributed by atoms with van der Waals surface area (Å²) in [5.41, 5.74) is 1.44. The second kappa shape index (κ2) is 8.54. The van der Waals surface area contributed by atoms with Crippen LogP contribution in [0.15, 0.2) is 30.3 Å². The number of hydrogen-bond acceptors (Lipinski definition) is 3. The predicted octanol–water partition coefficient (Wildman–Crippen LogP) is 4.67. The van der Waals surface area contributed by atoms with Crippen LogP contribution in [-0.4, -0.2) is 38.1 Å². The van der Waals surface area contributed by atoms with Crippen LogP contribution < -0.4 is 5.32 Å². The highest BCUT2D eigenvalue weighted by atomic mass is 35.5. The molecule has 1 aliphatic heterocycles. The van der Waals surface area contributed by atoms with Gasteiger partial charge in [0.25, 0.3) is 5.91 Å². The highest BCUT2D eigenvalue weighted by Gasteiger charge is 2.48. The standard InChI is InChI=1S/C25H31ClN4O2/c1-25(24(32)27-20-9-4-2-3-5-10-20)16-30-22(14-21(28-30)18-11-12-18)23(31)29(25)15-17-7-6-8-19(26)13-17/h6-8,13-14,18,20H,2-5,9-12,15-16H2,1H3,(H,27,32)/t25-/m1/s1. The zero-order valence-electron chi connectivity index (χ0n) is 18.6. The summed E-state index contributed by atoms with van der Waals surface area (Å²) in [6.07, 6.45) is 8.98. The number of benzene rings is 1. The molecular weight excluding hydrogens is 424 g/mol. The van der Waals surface area contributed by atoms with Crippen molar-refractivity contribution < 1.29 is 9.59 Å². The summed E-state index contributed by atoms with van der Waals surface area (Å²) in [4.78, 5) is 29.1. The Morgan fingerprint density at radius 1 is 1.16 bits per heavy atom. The molecule has 0 unspecified atom stereocenters. The zero-order valence-corrected chi connectivity index (χ0v) is 19.4.